The lowest BCUT2D eigenvalue weighted by Crippen LogP contribution is -2.32. The first-order valence-corrected chi connectivity index (χ1v) is 7.99. The number of rotatable bonds is 1. The highest BCUT2D eigenvalue weighted by atomic mass is 32.2. The minimum absolute atomic E-state index is 0.194. The Balaban J connectivity index is 0. The van der Waals surface area contributed by atoms with Crippen LogP contribution in [0.3, 0.4) is 0 Å². The number of hydrogen-bond acceptors (Lipinski definition) is 5. The van der Waals surface area contributed by atoms with E-state index in [2.05, 4.69) is 12.2 Å². The molecule has 120 valence electrons. The van der Waals surface area contributed by atoms with E-state index in [4.69, 9.17) is 20.7 Å². The van der Waals surface area contributed by atoms with Crippen molar-refractivity contribution in [1.29, 1.82) is 0 Å². The highest BCUT2D eigenvalue weighted by Crippen LogP contribution is 2.25. The molecule has 1 saturated carbocycles. The summed E-state index contributed by atoms with van der Waals surface area (Å²) in [7, 11) is 0. The lowest BCUT2D eigenvalue weighted by atomic mass is 10.0. The maximum absolute atomic E-state index is 10.1. The van der Waals surface area contributed by atoms with Gasteiger partial charge in [0, 0.05) is 17.2 Å². The maximum atomic E-state index is 10.1. The standard InChI is InChI=1S/C6H13N.C4H7NO2S.C2H6.CH2O2/c1-6(7)4-2-3-5-6;6-4(7)3-1-8-2-5-3;1-2;2-1-3/h2-5,7H2,1H3;3,5H,1-2H2,(H,6,7);1-2H3;1H,(H,2,3). The molecule has 7 heteroatoms. The van der Waals surface area contributed by atoms with Gasteiger partial charge in [-0.3, -0.25) is 14.9 Å². The predicted octanol–water partition coefficient (Wildman–Crippen LogP) is 1.74. The molecule has 1 aliphatic carbocycles. The highest BCUT2D eigenvalue weighted by Gasteiger charge is 2.22. The van der Waals surface area contributed by atoms with Crippen LogP contribution in [0.1, 0.15) is 46.5 Å². The van der Waals surface area contributed by atoms with Crippen LogP contribution in [0.2, 0.25) is 0 Å². The van der Waals surface area contributed by atoms with Crippen molar-refractivity contribution in [2.45, 2.75) is 58.0 Å². The van der Waals surface area contributed by atoms with Crippen molar-refractivity contribution in [1.82, 2.24) is 5.32 Å². The van der Waals surface area contributed by atoms with Crippen molar-refractivity contribution < 1.29 is 19.8 Å². The quantitative estimate of drug-likeness (QED) is 0.546. The molecule has 1 unspecified atom stereocenters. The van der Waals surface area contributed by atoms with E-state index in [0.29, 0.717) is 5.75 Å². The Labute approximate surface area is 125 Å². The van der Waals surface area contributed by atoms with E-state index in [0.717, 1.165) is 5.88 Å². The van der Waals surface area contributed by atoms with Gasteiger partial charge in [0.1, 0.15) is 6.04 Å². The van der Waals surface area contributed by atoms with Gasteiger partial charge in [-0.1, -0.05) is 26.7 Å². The highest BCUT2D eigenvalue weighted by molar-refractivity contribution is 7.99. The smallest absolute Gasteiger partial charge is 0.321 e. The molecule has 0 radical (unpaired) electrons. The summed E-state index contributed by atoms with van der Waals surface area (Å²) in [5.74, 6) is 0.738. The zero-order chi connectivity index (χ0) is 16.0. The molecule has 0 aromatic rings. The predicted molar refractivity (Wildman–Crippen MR) is 83.0 cm³/mol. The monoisotopic (exact) mass is 308 g/mol. The van der Waals surface area contributed by atoms with Crippen molar-refractivity contribution in [3.05, 3.63) is 0 Å². The molecule has 0 aromatic carbocycles. The van der Waals surface area contributed by atoms with Crippen molar-refractivity contribution in [2.24, 2.45) is 5.73 Å². The van der Waals surface area contributed by atoms with Gasteiger partial charge in [-0.25, -0.2) is 0 Å². The molecule has 1 heterocycles. The van der Waals surface area contributed by atoms with Gasteiger partial charge >= 0.3 is 5.97 Å². The summed E-state index contributed by atoms with van der Waals surface area (Å²) in [6, 6.07) is -0.306. The molecule has 20 heavy (non-hydrogen) atoms. The van der Waals surface area contributed by atoms with Crippen LogP contribution in [-0.2, 0) is 9.59 Å². The molecule has 5 N–H and O–H groups in total. The van der Waals surface area contributed by atoms with Crippen molar-refractivity contribution >= 4 is 24.2 Å². The second-order valence-electron chi connectivity index (χ2n) is 4.58. The fourth-order valence-corrected chi connectivity index (χ4v) is 2.67. The van der Waals surface area contributed by atoms with Gasteiger partial charge in [-0.15, -0.1) is 11.8 Å². The van der Waals surface area contributed by atoms with E-state index in [1.165, 1.54) is 25.7 Å². The molecule has 0 bridgehead atoms. The average molecular weight is 308 g/mol. The zero-order valence-electron chi connectivity index (χ0n) is 12.6. The van der Waals surface area contributed by atoms with Crippen LogP contribution in [0.5, 0.6) is 0 Å². The SMILES string of the molecule is CC.CC1(N)CCCC1.O=C(O)C1CSCN1.O=CO. The first kappa shape index (κ1) is 21.5. The first-order valence-electron chi connectivity index (χ1n) is 6.83. The van der Waals surface area contributed by atoms with E-state index in [9.17, 15) is 4.79 Å². The third kappa shape index (κ3) is 12.3. The number of hydrogen-bond donors (Lipinski definition) is 4. The topological polar surface area (TPSA) is 113 Å². The van der Waals surface area contributed by atoms with Crippen LogP contribution in [0.4, 0.5) is 0 Å². The van der Waals surface area contributed by atoms with Gasteiger partial charge in [-0.05, 0) is 19.8 Å². The number of aliphatic carboxylic acids is 1. The molecule has 1 saturated heterocycles. The molecule has 6 nitrogen and oxygen atoms in total. The number of nitrogens with one attached hydrogen (secondary N) is 1. The Morgan fingerprint density at radius 1 is 1.40 bits per heavy atom. The average Bonchev–Trinajstić information content (AvgIpc) is 3.04. The van der Waals surface area contributed by atoms with Crippen molar-refractivity contribution in [3.8, 4) is 0 Å². The fourth-order valence-electron chi connectivity index (χ4n) is 1.74. The van der Waals surface area contributed by atoms with E-state index < -0.39 is 5.97 Å². The van der Waals surface area contributed by atoms with E-state index in [1.54, 1.807) is 11.8 Å². The van der Waals surface area contributed by atoms with Crippen LogP contribution < -0.4 is 11.1 Å². The molecule has 2 rings (SSSR count). The van der Waals surface area contributed by atoms with E-state index >= 15 is 0 Å². The summed E-state index contributed by atoms with van der Waals surface area (Å²) < 4.78 is 0. The summed E-state index contributed by atoms with van der Waals surface area (Å²) in [5, 5.41) is 18.0. The van der Waals surface area contributed by atoms with Gasteiger partial charge in [0.25, 0.3) is 6.47 Å². The van der Waals surface area contributed by atoms with Crippen LogP contribution in [0, 0.1) is 0 Å². The minimum atomic E-state index is -0.741. The summed E-state index contributed by atoms with van der Waals surface area (Å²) in [6.45, 7) is 5.89. The molecule has 2 aliphatic rings. The van der Waals surface area contributed by atoms with E-state index in [-0.39, 0.29) is 18.1 Å². The van der Waals surface area contributed by atoms with Gasteiger partial charge in [0.2, 0.25) is 0 Å². The molecule has 2 fully saturated rings. The summed E-state index contributed by atoms with van der Waals surface area (Å²) >= 11 is 1.62. The molecule has 0 amide bonds. The van der Waals surface area contributed by atoms with Crippen LogP contribution in [0.15, 0.2) is 0 Å². The molecule has 1 aliphatic heterocycles. The number of thioether (sulfide) groups is 1. The van der Waals surface area contributed by atoms with Crippen LogP contribution in [-0.4, -0.2) is 45.9 Å². The number of nitrogens with two attached hydrogens (primary N) is 1. The van der Waals surface area contributed by atoms with E-state index in [1.807, 2.05) is 13.8 Å². The molecule has 1 atom stereocenters. The minimum Gasteiger partial charge on any atom is -0.483 e. The molecule has 0 aromatic heterocycles. The second kappa shape index (κ2) is 13.2. The second-order valence-corrected chi connectivity index (χ2v) is 5.61. The zero-order valence-corrected chi connectivity index (χ0v) is 13.4. The molecular weight excluding hydrogens is 280 g/mol. The van der Waals surface area contributed by atoms with Gasteiger partial charge in [-0.2, -0.15) is 0 Å². The Morgan fingerprint density at radius 3 is 2.00 bits per heavy atom. The normalized spacial score (nSPS) is 22.1. The number of carboxylic acid groups (broad SMARTS) is 2. The van der Waals surface area contributed by atoms with Crippen molar-refractivity contribution in [3.63, 3.8) is 0 Å². The third-order valence-electron chi connectivity index (χ3n) is 2.76. The van der Waals surface area contributed by atoms with Crippen molar-refractivity contribution in [2.75, 3.05) is 11.6 Å². The molecular formula is C13H28N2O4S. The number of carbonyl (C=O) groups is 2. The van der Waals surface area contributed by atoms with Gasteiger partial charge in [0.15, 0.2) is 0 Å². The summed E-state index contributed by atoms with van der Waals surface area (Å²) in [4.78, 5) is 18.5. The molecule has 0 spiro atoms. The van der Waals surface area contributed by atoms with Gasteiger partial charge < -0.3 is 15.9 Å². The lowest BCUT2D eigenvalue weighted by Gasteiger charge is -2.14. The van der Waals surface area contributed by atoms with Crippen LogP contribution in [0.25, 0.3) is 0 Å². The van der Waals surface area contributed by atoms with Crippen LogP contribution >= 0.6 is 11.8 Å². The summed E-state index contributed by atoms with van der Waals surface area (Å²) in [6.07, 6.45) is 5.14. The third-order valence-corrected chi connectivity index (χ3v) is 3.70. The largest absolute Gasteiger partial charge is 0.483 e. The Hall–Kier alpha value is -0.790. The Morgan fingerprint density at radius 2 is 1.85 bits per heavy atom. The first-order chi connectivity index (χ1) is 9.43. The lowest BCUT2D eigenvalue weighted by molar-refractivity contribution is -0.138. The van der Waals surface area contributed by atoms with Gasteiger partial charge in [0.05, 0.1) is 0 Å². The maximum Gasteiger partial charge on any atom is 0.321 e. The summed E-state index contributed by atoms with van der Waals surface area (Å²) in [5.41, 5.74) is 5.97. The fraction of sp³-hybridized carbons (Fsp3) is 0.846. The number of carboxylic acids is 1. The Bertz CT molecular complexity index is 249. The Kier molecular flexibility index (Phi) is 14.2.